The van der Waals surface area contributed by atoms with Crippen LogP contribution in [0, 0.1) is 6.92 Å². The van der Waals surface area contributed by atoms with Crippen molar-refractivity contribution in [1.82, 2.24) is 20.3 Å². The zero-order valence-electron chi connectivity index (χ0n) is 9.95. The molecule has 0 unspecified atom stereocenters. The first-order chi connectivity index (χ1) is 9.08. The molecule has 0 aliphatic heterocycles. The van der Waals surface area contributed by atoms with Gasteiger partial charge in [0.25, 0.3) is 5.91 Å². The summed E-state index contributed by atoms with van der Waals surface area (Å²) in [4.78, 5) is 34.3. The van der Waals surface area contributed by atoms with Crippen molar-refractivity contribution < 1.29 is 14.7 Å². The summed E-state index contributed by atoms with van der Waals surface area (Å²) in [6.45, 7) is 1.79. The van der Waals surface area contributed by atoms with Crippen molar-refractivity contribution in [3.63, 3.8) is 0 Å². The highest BCUT2D eigenvalue weighted by molar-refractivity contribution is 7.13. The number of hydrogen-bond donors (Lipinski definition) is 2. The number of carboxylic acid groups (broad SMARTS) is 1. The Morgan fingerprint density at radius 2 is 2.05 bits per heavy atom. The maximum atomic E-state index is 11.7. The molecule has 2 N–H and O–H groups in total. The van der Waals surface area contributed by atoms with Crippen LogP contribution < -0.4 is 5.32 Å². The van der Waals surface area contributed by atoms with Crippen LogP contribution in [-0.4, -0.2) is 31.9 Å². The number of rotatable bonds is 4. The largest absolute Gasteiger partial charge is 0.477 e. The van der Waals surface area contributed by atoms with Gasteiger partial charge in [0.2, 0.25) is 0 Å². The number of carboxylic acids is 1. The number of nitrogens with zero attached hydrogens (tertiary/aromatic N) is 3. The van der Waals surface area contributed by atoms with Gasteiger partial charge < -0.3 is 10.4 Å². The van der Waals surface area contributed by atoms with Gasteiger partial charge in [-0.15, -0.1) is 11.3 Å². The zero-order chi connectivity index (χ0) is 13.8. The van der Waals surface area contributed by atoms with Crippen molar-refractivity contribution in [2.75, 3.05) is 0 Å². The monoisotopic (exact) mass is 278 g/mol. The Labute approximate surface area is 112 Å². The summed E-state index contributed by atoms with van der Waals surface area (Å²) in [6.07, 6.45) is 4.14. The van der Waals surface area contributed by atoms with Gasteiger partial charge in [0.15, 0.2) is 0 Å². The highest BCUT2D eigenvalue weighted by Gasteiger charge is 2.14. The summed E-state index contributed by atoms with van der Waals surface area (Å²) in [5, 5.41) is 12.1. The molecule has 0 aliphatic carbocycles. The summed E-state index contributed by atoms with van der Waals surface area (Å²) >= 11 is 1.05. The molecule has 0 saturated heterocycles. The van der Waals surface area contributed by atoms with Crippen LogP contribution in [0.5, 0.6) is 0 Å². The first-order valence-corrected chi connectivity index (χ1v) is 6.12. The summed E-state index contributed by atoms with van der Waals surface area (Å²) < 4.78 is 0. The van der Waals surface area contributed by atoms with Gasteiger partial charge in [0.1, 0.15) is 16.2 Å². The van der Waals surface area contributed by atoms with Crippen molar-refractivity contribution in [2.45, 2.75) is 13.5 Å². The lowest BCUT2D eigenvalue weighted by molar-refractivity contribution is 0.0701. The van der Waals surface area contributed by atoms with E-state index in [1.54, 1.807) is 6.92 Å². The van der Waals surface area contributed by atoms with Crippen LogP contribution in [0.1, 0.15) is 30.7 Å². The van der Waals surface area contributed by atoms with Gasteiger partial charge in [-0.2, -0.15) is 0 Å². The van der Waals surface area contributed by atoms with E-state index < -0.39 is 5.97 Å². The van der Waals surface area contributed by atoms with Gasteiger partial charge in [-0.1, -0.05) is 0 Å². The van der Waals surface area contributed by atoms with E-state index >= 15 is 0 Å². The van der Waals surface area contributed by atoms with Crippen molar-refractivity contribution >= 4 is 23.2 Å². The minimum Gasteiger partial charge on any atom is -0.477 e. The van der Waals surface area contributed by atoms with Gasteiger partial charge in [-0.25, -0.2) is 19.7 Å². The van der Waals surface area contributed by atoms with Crippen molar-refractivity contribution in [3.05, 3.63) is 39.9 Å². The maximum absolute atomic E-state index is 11.7. The van der Waals surface area contributed by atoms with E-state index in [1.165, 1.54) is 18.7 Å². The number of carbonyl (C=O) groups is 2. The van der Waals surface area contributed by atoms with Crippen LogP contribution in [0.25, 0.3) is 0 Å². The second-order valence-corrected chi connectivity index (χ2v) is 4.72. The molecule has 0 bridgehead atoms. The fourth-order valence-corrected chi connectivity index (χ4v) is 2.24. The van der Waals surface area contributed by atoms with E-state index in [4.69, 9.17) is 5.11 Å². The Bertz CT molecular complexity index is 612. The molecule has 2 heterocycles. The Balaban J connectivity index is 2.01. The fraction of sp³-hybridized carbons (Fsp3) is 0.182. The summed E-state index contributed by atoms with van der Waals surface area (Å²) in [5.41, 5.74) is 0.791. The molecule has 0 saturated carbocycles. The lowest BCUT2D eigenvalue weighted by atomic mass is 10.3. The van der Waals surface area contributed by atoms with Crippen LogP contribution in [0.15, 0.2) is 18.7 Å². The predicted octanol–water partition coefficient (Wildman–Crippen LogP) is 0.870. The third-order valence-electron chi connectivity index (χ3n) is 2.26. The first-order valence-electron chi connectivity index (χ1n) is 5.30. The smallest absolute Gasteiger partial charge is 0.347 e. The quantitative estimate of drug-likeness (QED) is 0.859. The van der Waals surface area contributed by atoms with Crippen molar-refractivity contribution in [1.29, 1.82) is 0 Å². The lowest BCUT2D eigenvalue weighted by Crippen LogP contribution is -2.22. The van der Waals surface area contributed by atoms with E-state index in [0.29, 0.717) is 16.3 Å². The van der Waals surface area contributed by atoms with E-state index in [1.807, 2.05) is 0 Å². The predicted molar refractivity (Wildman–Crippen MR) is 67.0 cm³/mol. The molecule has 0 atom stereocenters. The molecule has 0 aliphatic rings. The van der Waals surface area contributed by atoms with Gasteiger partial charge >= 0.3 is 5.97 Å². The minimum absolute atomic E-state index is 0.173. The van der Waals surface area contributed by atoms with Crippen LogP contribution >= 0.6 is 11.3 Å². The fourth-order valence-electron chi connectivity index (χ4n) is 1.40. The van der Waals surface area contributed by atoms with Gasteiger partial charge in [0.05, 0.1) is 17.8 Å². The molecule has 2 aromatic heterocycles. The topological polar surface area (TPSA) is 105 Å². The average molecular weight is 278 g/mol. The zero-order valence-corrected chi connectivity index (χ0v) is 10.8. The Morgan fingerprint density at radius 3 is 2.63 bits per heavy atom. The van der Waals surface area contributed by atoms with E-state index in [2.05, 4.69) is 20.3 Å². The highest BCUT2D eigenvalue weighted by Crippen LogP contribution is 2.17. The molecular weight excluding hydrogens is 268 g/mol. The number of nitrogens with one attached hydrogen (secondary N) is 1. The van der Waals surface area contributed by atoms with Gasteiger partial charge in [-0.3, -0.25) is 4.79 Å². The molecular formula is C11H10N4O3S. The number of carbonyl (C=O) groups excluding carboxylic acids is 1. The highest BCUT2D eigenvalue weighted by atomic mass is 32.1. The molecule has 19 heavy (non-hydrogen) atoms. The molecule has 8 heteroatoms. The lowest BCUT2D eigenvalue weighted by Gasteiger charge is -2.01. The molecule has 0 fully saturated rings. The average Bonchev–Trinajstić information content (AvgIpc) is 2.78. The number of aromatic nitrogens is 3. The minimum atomic E-state index is -1.01. The van der Waals surface area contributed by atoms with Crippen LogP contribution in [0.3, 0.4) is 0 Å². The van der Waals surface area contributed by atoms with Gasteiger partial charge in [-0.05, 0) is 6.92 Å². The Kier molecular flexibility index (Phi) is 3.81. The number of thiazole rings is 1. The summed E-state index contributed by atoms with van der Waals surface area (Å²) in [5.74, 6) is -1.34. The molecule has 7 nitrogen and oxygen atoms in total. The van der Waals surface area contributed by atoms with Crippen LogP contribution in [0.2, 0.25) is 0 Å². The first kappa shape index (κ1) is 13.1. The van der Waals surface area contributed by atoms with E-state index in [9.17, 15) is 9.59 Å². The maximum Gasteiger partial charge on any atom is 0.347 e. The SMILES string of the molecule is Cc1nc(CNC(=O)c2cncnc2)sc1C(=O)O. The number of aromatic carboxylic acids is 1. The number of hydrogen-bond acceptors (Lipinski definition) is 6. The molecule has 0 radical (unpaired) electrons. The molecule has 0 aromatic carbocycles. The standard InChI is InChI=1S/C11H10N4O3S/c1-6-9(11(17)18)19-8(15-6)4-14-10(16)7-2-12-5-13-3-7/h2-3,5H,4H2,1H3,(H,14,16)(H,17,18). The number of amides is 1. The third-order valence-corrected chi connectivity index (χ3v) is 3.40. The Hall–Kier alpha value is -2.35. The van der Waals surface area contributed by atoms with Crippen molar-refractivity contribution in [2.24, 2.45) is 0 Å². The second-order valence-electron chi connectivity index (χ2n) is 3.64. The van der Waals surface area contributed by atoms with Crippen molar-refractivity contribution in [3.8, 4) is 0 Å². The normalized spacial score (nSPS) is 10.2. The summed E-state index contributed by atoms with van der Waals surface area (Å²) in [6, 6.07) is 0. The molecule has 1 amide bonds. The molecule has 98 valence electrons. The summed E-state index contributed by atoms with van der Waals surface area (Å²) in [7, 11) is 0. The van der Waals surface area contributed by atoms with Crippen LogP contribution in [0.4, 0.5) is 0 Å². The molecule has 0 spiro atoms. The van der Waals surface area contributed by atoms with E-state index in [-0.39, 0.29) is 17.3 Å². The Morgan fingerprint density at radius 1 is 1.37 bits per heavy atom. The number of aryl methyl sites for hydroxylation is 1. The third kappa shape index (κ3) is 3.10. The van der Waals surface area contributed by atoms with Gasteiger partial charge in [0, 0.05) is 12.4 Å². The van der Waals surface area contributed by atoms with Crippen LogP contribution in [-0.2, 0) is 6.54 Å². The second kappa shape index (κ2) is 5.53. The van der Waals surface area contributed by atoms with E-state index in [0.717, 1.165) is 11.3 Å². The molecule has 2 rings (SSSR count). The molecule has 2 aromatic rings.